The van der Waals surface area contributed by atoms with Crippen molar-refractivity contribution < 1.29 is 9.53 Å². The van der Waals surface area contributed by atoms with Gasteiger partial charge in [-0.15, -0.1) is 0 Å². The molecule has 3 N–H and O–H groups in total. The minimum absolute atomic E-state index is 0.0827. The van der Waals surface area contributed by atoms with Crippen molar-refractivity contribution in [1.82, 2.24) is 0 Å². The van der Waals surface area contributed by atoms with E-state index >= 15 is 0 Å². The third-order valence-electron chi connectivity index (χ3n) is 2.90. The van der Waals surface area contributed by atoms with Crippen LogP contribution in [0.3, 0.4) is 0 Å². The number of anilines is 2. The van der Waals surface area contributed by atoms with Crippen molar-refractivity contribution in [2.45, 2.75) is 13.8 Å². The van der Waals surface area contributed by atoms with Gasteiger partial charge in [0.15, 0.2) is 6.61 Å². The topological polar surface area (TPSA) is 64.3 Å². The van der Waals surface area contributed by atoms with Gasteiger partial charge in [-0.1, -0.05) is 28.1 Å². The van der Waals surface area contributed by atoms with E-state index in [1.165, 1.54) is 0 Å². The zero-order valence-electron chi connectivity index (χ0n) is 11.9. The van der Waals surface area contributed by atoms with E-state index in [9.17, 15) is 4.79 Å². The first-order valence-electron chi connectivity index (χ1n) is 6.50. The fraction of sp³-hybridized carbons (Fsp3) is 0.188. The Kier molecular flexibility index (Phi) is 4.85. The quantitative estimate of drug-likeness (QED) is 0.828. The molecule has 0 saturated heterocycles. The SMILES string of the molecule is Cc1cc(C)c(OCC(=O)Nc2cccc(Br)c2)c(N)c1. The molecule has 0 aliphatic rings. The molecule has 0 aromatic heterocycles. The van der Waals surface area contributed by atoms with Gasteiger partial charge in [0, 0.05) is 10.2 Å². The van der Waals surface area contributed by atoms with Crippen LogP contribution in [0.25, 0.3) is 0 Å². The van der Waals surface area contributed by atoms with Crippen LogP contribution in [0.15, 0.2) is 40.9 Å². The molecule has 0 fully saturated rings. The molecule has 0 aliphatic carbocycles. The zero-order valence-corrected chi connectivity index (χ0v) is 13.5. The minimum atomic E-state index is -0.229. The van der Waals surface area contributed by atoms with Gasteiger partial charge in [0.2, 0.25) is 0 Å². The smallest absolute Gasteiger partial charge is 0.262 e. The van der Waals surface area contributed by atoms with E-state index in [1.54, 1.807) is 0 Å². The van der Waals surface area contributed by atoms with E-state index in [0.29, 0.717) is 17.1 Å². The van der Waals surface area contributed by atoms with Crippen molar-refractivity contribution in [2.24, 2.45) is 0 Å². The number of aryl methyl sites for hydroxylation is 2. The summed E-state index contributed by atoms with van der Waals surface area (Å²) in [6, 6.07) is 11.2. The lowest BCUT2D eigenvalue weighted by molar-refractivity contribution is -0.118. The number of carbonyl (C=O) groups excluding carboxylic acids is 1. The molecule has 110 valence electrons. The molecule has 2 rings (SSSR count). The number of rotatable bonds is 4. The molecule has 2 aromatic carbocycles. The largest absolute Gasteiger partial charge is 0.481 e. The van der Waals surface area contributed by atoms with Crippen molar-refractivity contribution in [3.8, 4) is 5.75 Å². The fourth-order valence-electron chi connectivity index (χ4n) is 2.09. The Bertz CT molecular complexity index is 648. The van der Waals surface area contributed by atoms with Gasteiger partial charge in [-0.25, -0.2) is 0 Å². The van der Waals surface area contributed by atoms with Gasteiger partial charge in [0.25, 0.3) is 5.91 Å². The van der Waals surface area contributed by atoms with E-state index in [-0.39, 0.29) is 12.5 Å². The summed E-state index contributed by atoms with van der Waals surface area (Å²) in [5.41, 5.74) is 9.16. The second kappa shape index (κ2) is 6.63. The number of halogens is 1. The number of hydrogen-bond donors (Lipinski definition) is 2. The van der Waals surface area contributed by atoms with Crippen LogP contribution >= 0.6 is 15.9 Å². The number of hydrogen-bond acceptors (Lipinski definition) is 3. The van der Waals surface area contributed by atoms with Crippen LogP contribution in [0.1, 0.15) is 11.1 Å². The van der Waals surface area contributed by atoms with E-state index in [4.69, 9.17) is 10.5 Å². The van der Waals surface area contributed by atoms with Crippen molar-refractivity contribution in [3.05, 3.63) is 52.0 Å². The van der Waals surface area contributed by atoms with Gasteiger partial charge in [-0.3, -0.25) is 4.79 Å². The molecule has 0 saturated carbocycles. The highest BCUT2D eigenvalue weighted by Gasteiger charge is 2.09. The maximum Gasteiger partial charge on any atom is 0.262 e. The summed E-state index contributed by atoms with van der Waals surface area (Å²) in [4.78, 5) is 11.9. The lowest BCUT2D eigenvalue weighted by atomic mass is 10.1. The fourth-order valence-corrected chi connectivity index (χ4v) is 2.48. The van der Waals surface area contributed by atoms with Crippen LogP contribution < -0.4 is 15.8 Å². The van der Waals surface area contributed by atoms with Crippen LogP contribution in [0.2, 0.25) is 0 Å². The molecule has 0 heterocycles. The van der Waals surface area contributed by atoms with E-state index in [2.05, 4.69) is 21.2 Å². The summed E-state index contributed by atoms with van der Waals surface area (Å²) in [6.07, 6.45) is 0. The van der Waals surface area contributed by atoms with Gasteiger partial charge in [-0.2, -0.15) is 0 Å². The predicted octanol–water partition coefficient (Wildman–Crippen LogP) is 3.67. The minimum Gasteiger partial charge on any atom is -0.481 e. The highest BCUT2D eigenvalue weighted by atomic mass is 79.9. The Morgan fingerprint density at radius 3 is 2.71 bits per heavy atom. The normalized spacial score (nSPS) is 10.2. The number of amides is 1. The van der Waals surface area contributed by atoms with Crippen LogP contribution in [0, 0.1) is 13.8 Å². The average molecular weight is 349 g/mol. The molecule has 0 atom stereocenters. The third kappa shape index (κ3) is 4.23. The predicted molar refractivity (Wildman–Crippen MR) is 88.6 cm³/mol. The van der Waals surface area contributed by atoms with Crippen LogP contribution in [-0.4, -0.2) is 12.5 Å². The Balaban J connectivity index is 1.99. The molecule has 21 heavy (non-hydrogen) atoms. The second-order valence-electron chi connectivity index (χ2n) is 4.85. The summed E-state index contributed by atoms with van der Waals surface area (Å²) in [5, 5.41) is 2.77. The number of nitrogens with two attached hydrogens (primary N) is 1. The summed E-state index contributed by atoms with van der Waals surface area (Å²) in [5.74, 6) is 0.331. The Morgan fingerprint density at radius 1 is 1.29 bits per heavy atom. The summed E-state index contributed by atoms with van der Waals surface area (Å²) < 4.78 is 6.44. The molecule has 0 spiro atoms. The molecule has 5 heteroatoms. The van der Waals surface area contributed by atoms with Crippen LogP contribution in [-0.2, 0) is 4.79 Å². The number of ether oxygens (including phenoxy) is 1. The van der Waals surface area contributed by atoms with Crippen molar-refractivity contribution >= 4 is 33.2 Å². The van der Waals surface area contributed by atoms with E-state index in [1.807, 2.05) is 50.2 Å². The molecule has 1 amide bonds. The lowest BCUT2D eigenvalue weighted by Gasteiger charge is -2.13. The lowest BCUT2D eigenvalue weighted by Crippen LogP contribution is -2.20. The highest BCUT2D eigenvalue weighted by molar-refractivity contribution is 9.10. The van der Waals surface area contributed by atoms with Gasteiger partial charge in [0.05, 0.1) is 5.69 Å². The molecule has 0 bridgehead atoms. The molecule has 0 unspecified atom stereocenters. The number of nitrogen functional groups attached to an aromatic ring is 1. The second-order valence-corrected chi connectivity index (χ2v) is 5.76. The summed E-state index contributed by atoms with van der Waals surface area (Å²) in [6.45, 7) is 3.79. The van der Waals surface area contributed by atoms with E-state index in [0.717, 1.165) is 15.6 Å². The van der Waals surface area contributed by atoms with Gasteiger partial charge < -0.3 is 15.8 Å². The number of nitrogens with one attached hydrogen (secondary N) is 1. The van der Waals surface area contributed by atoms with Crippen LogP contribution in [0.5, 0.6) is 5.75 Å². The third-order valence-corrected chi connectivity index (χ3v) is 3.40. The monoisotopic (exact) mass is 348 g/mol. The molecule has 2 aromatic rings. The maximum atomic E-state index is 11.9. The summed E-state index contributed by atoms with van der Waals surface area (Å²) in [7, 11) is 0. The van der Waals surface area contributed by atoms with Gasteiger partial charge in [-0.05, 0) is 49.2 Å². The first-order chi connectivity index (χ1) is 9.95. The van der Waals surface area contributed by atoms with Gasteiger partial charge >= 0.3 is 0 Å². The molecule has 0 aliphatic heterocycles. The Morgan fingerprint density at radius 2 is 2.05 bits per heavy atom. The van der Waals surface area contributed by atoms with Crippen molar-refractivity contribution in [3.63, 3.8) is 0 Å². The van der Waals surface area contributed by atoms with E-state index < -0.39 is 0 Å². The summed E-state index contributed by atoms with van der Waals surface area (Å²) >= 11 is 3.35. The van der Waals surface area contributed by atoms with Gasteiger partial charge in [0.1, 0.15) is 5.75 Å². The molecular weight excluding hydrogens is 332 g/mol. The Hall–Kier alpha value is -2.01. The molecule has 0 radical (unpaired) electrons. The average Bonchev–Trinajstić information content (AvgIpc) is 2.37. The van der Waals surface area contributed by atoms with Crippen LogP contribution in [0.4, 0.5) is 11.4 Å². The van der Waals surface area contributed by atoms with Crippen molar-refractivity contribution in [1.29, 1.82) is 0 Å². The first-order valence-corrected chi connectivity index (χ1v) is 7.30. The Labute approximate surface area is 132 Å². The standard InChI is InChI=1S/C16H17BrN2O2/c1-10-6-11(2)16(14(18)7-10)21-9-15(20)19-13-5-3-4-12(17)8-13/h3-8H,9,18H2,1-2H3,(H,19,20). The number of carbonyl (C=O) groups is 1. The first kappa shape index (κ1) is 15.4. The maximum absolute atomic E-state index is 11.9. The molecule has 4 nitrogen and oxygen atoms in total. The zero-order chi connectivity index (χ0) is 15.4. The van der Waals surface area contributed by atoms with Crippen molar-refractivity contribution in [2.75, 3.05) is 17.7 Å². The highest BCUT2D eigenvalue weighted by Crippen LogP contribution is 2.27. The molecular formula is C16H17BrN2O2. The number of benzene rings is 2.